The van der Waals surface area contributed by atoms with Crippen molar-refractivity contribution in [3.8, 4) is 5.00 Å². The van der Waals surface area contributed by atoms with Gasteiger partial charge in [0, 0.05) is 37.4 Å². The predicted molar refractivity (Wildman–Crippen MR) is 93.2 cm³/mol. The molecule has 118 valence electrons. The van der Waals surface area contributed by atoms with Gasteiger partial charge in [-0.1, -0.05) is 6.07 Å². The molecule has 3 aromatic heterocycles. The molecule has 4 nitrogen and oxygen atoms in total. The van der Waals surface area contributed by atoms with E-state index in [2.05, 4.69) is 35.5 Å². The summed E-state index contributed by atoms with van der Waals surface area (Å²) in [4.78, 5) is 18.7. The zero-order valence-electron chi connectivity index (χ0n) is 13.5. The fourth-order valence-corrected chi connectivity index (χ4v) is 3.68. The maximum atomic E-state index is 12.8. The molecule has 0 aliphatic rings. The summed E-state index contributed by atoms with van der Waals surface area (Å²) in [5.41, 5.74) is 4.03. The van der Waals surface area contributed by atoms with Crippen molar-refractivity contribution >= 4 is 17.2 Å². The van der Waals surface area contributed by atoms with Crippen molar-refractivity contribution in [1.82, 2.24) is 14.5 Å². The zero-order valence-corrected chi connectivity index (χ0v) is 14.3. The Labute approximate surface area is 140 Å². The van der Waals surface area contributed by atoms with Gasteiger partial charge in [-0.05, 0) is 49.1 Å². The molecule has 1 amide bonds. The fraction of sp³-hybridized carbons (Fsp3) is 0.222. The average molecular weight is 325 g/mol. The van der Waals surface area contributed by atoms with Crippen LogP contribution in [-0.4, -0.2) is 27.4 Å². The van der Waals surface area contributed by atoms with Crippen molar-refractivity contribution in [2.24, 2.45) is 0 Å². The largest absolute Gasteiger partial charge is 0.337 e. The number of carbonyl (C=O) groups excluding carboxylic acids is 1. The first-order chi connectivity index (χ1) is 11.1. The van der Waals surface area contributed by atoms with Gasteiger partial charge in [-0.15, -0.1) is 11.3 Å². The van der Waals surface area contributed by atoms with Gasteiger partial charge in [-0.3, -0.25) is 9.78 Å². The van der Waals surface area contributed by atoms with Crippen molar-refractivity contribution < 1.29 is 4.79 Å². The molecular weight excluding hydrogens is 306 g/mol. The standard InChI is InChI=1S/C18H19N3OS/c1-13-6-7-14(2)21(13)18-16(8-10-23-18)17(22)20(3)12-15-5-4-9-19-11-15/h4-11H,12H2,1-3H3. The molecule has 3 heterocycles. The number of thiophene rings is 1. The van der Waals surface area contributed by atoms with Crippen LogP contribution < -0.4 is 0 Å². The number of pyridine rings is 1. The maximum Gasteiger partial charge on any atom is 0.256 e. The molecule has 0 aliphatic carbocycles. The van der Waals surface area contributed by atoms with Crippen LogP contribution in [0.1, 0.15) is 27.3 Å². The highest BCUT2D eigenvalue weighted by Crippen LogP contribution is 2.27. The summed E-state index contributed by atoms with van der Waals surface area (Å²) in [7, 11) is 1.83. The molecule has 23 heavy (non-hydrogen) atoms. The molecule has 0 bridgehead atoms. The summed E-state index contributed by atoms with van der Waals surface area (Å²) in [6.07, 6.45) is 3.53. The third-order valence-electron chi connectivity index (χ3n) is 3.84. The summed E-state index contributed by atoms with van der Waals surface area (Å²) in [6, 6.07) is 9.91. The number of amides is 1. The molecule has 0 fully saturated rings. The summed E-state index contributed by atoms with van der Waals surface area (Å²) < 4.78 is 2.13. The Bertz CT molecular complexity index is 800. The van der Waals surface area contributed by atoms with E-state index in [4.69, 9.17) is 0 Å². The second-order valence-electron chi connectivity index (χ2n) is 5.61. The van der Waals surface area contributed by atoms with E-state index in [1.54, 1.807) is 28.6 Å². The minimum absolute atomic E-state index is 0.0256. The minimum Gasteiger partial charge on any atom is -0.337 e. The van der Waals surface area contributed by atoms with Gasteiger partial charge in [0.25, 0.3) is 5.91 Å². The van der Waals surface area contributed by atoms with E-state index >= 15 is 0 Å². The molecule has 3 rings (SSSR count). The monoisotopic (exact) mass is 325 g/mol. The van der Waals surface area contributed by atoms with E-state index in [1.807, 2.05) is 30.6 Å². The van der Waals surface area contributed by atoms with E-state index < -0.39 is 0 Å². The van der Waals surface area contributed by atoms with Crippen LogP contribution in [0.25, 0.3) is 5.00 Å². The van der Waals surface area contributed by atoms with Crippen molar-refractivity contribution in [3.05, 3.63) is 70.6 Å². The SMILES string of the molecule is Cc1ccc(C)n1-c1sccc1C(=O)N(C)Cc1cccnc1. The maximum absolute atomic E-state index is 12.8. The Morgan fingerprint density at radius 3 is 2.61 bits per heavy atom. The van der Waals surface area contributed by atoms with Crippen LogP contribution >= 0.6 is 11.3 Å². The third-order valence-corrected chi connectivity index (χ3v) is 4.74. The molecule has 0 spiro atoms. The van der Waals surface area contributed by atoms with Gasteiger partial charge in [0.05, 0.1) is 5.56 Å². The van der Waals surface area contributed by atoms with Crippen LogP contribution in [0.15, 0.2) is 48.1 Å². The highest BCUT2D eigenvalue weighted by atomic mass is 32.1. The lowest BCUT2D eigenvalue weighted by molar-refractivity contribution is 0.0785. The number of hydrogen-bond acceptors (Lipinski definition) is 3. The zero-order chi connectivity index (χ0) is 16.4. The number of carbonyl (C=O) groups is 1. The highest BCUT2D eigenvalue weighted by Gasteiger charge is 2.19. The van der Waals surface area contributed by atoms with Crippen LogP contribution in [-0.2, 0) is 6.54 Å². The normalized spacial score (nSPS) is 10.7. The van der Waals surface area contributed by atoms with E-state index in [0.717, 1.165) is 27.5 Å². The van der Waals surface area contributed by atoms with Crippen LogP contribution in [0.3, 0.4) is 0 Å². The molecule has 5 heteroatoms. The first-order valence-electron chi connectivity index (χ1n) is 7.45. The molecule has 0 saturated heterocycles. The van der Waals surface area contributed by atoms with Gasteiger partial charge in [0.1, 0.15) is 5.00 Å². The summed E-state index contributed by atoms with van der Waals surface area (Å²) >= 11 is 1.59. The van der Waals surface area contributed by atoms with E-state index in [0.29, 0.717) is 6.54 Å². The fourth-order valence-electron chi connectivity index (χ4n) is 2.67. The van der Waals surface area contributed by atoms with Crippen LogP contribution in [0.2, 0.25) is 0 Å². The van der Waals surface area contributed by atoms with Crippen LogP contribution in [0.4, 0.5) is 0 Å². The quantitative estimate of drug-likeness (QED) is 0.731. The van der Waals surface area contributed by atoms with Crippen molar-refractivity contribution in [2.75, 3.05) is 7.05 Å². The lowest BCUT2D eigenvalue weighted by Crippen LogP contribution is -2.26. The molecule has 0 aromatic carbocycles. The molecule has 0 N–H and O–H groups in total. The molecule has 0 unspecified atom stereocenters. The van der Waals surface area contributed by atoms with Crippen molar-refractivity contribution in [1.29, 1.82) is 0 Å². The van der Waals surface area contributed by atoms with Gasteiger partial charge in [0.2, 0.25) is 0 Å². The molecule has 0 saturated carbocycles. The Kier molecular flexibility index (Phi) is 4.30. The van der Waals surface area contributed by atoms with E-state index in [1.165, 1.54) is 0 Å². The summed E-state index contributed by atoms with van der Waals surface area (Å²) in [5.74, 6) is 0.0256. The van der Waals surface area contributed by atoms with Gasteiger partial charge in [-0.2, -0.15) is 0 Å². The first kappa shape index (κ1) is 15.5. The molecule has 0 atom stereocenters. The minimum atomic E-state index is 0.0256. The number of nitrogens with zero attached hydrogens (tertiary/aromatic N) is 3. The number of aryl methyl sites for hydroxylation is 2. The van der Waals surface area contributed by atoms with Gasteiger partial charge in [-0.25, -0.2) is 0 Å². The second-order valence-corrected chi connectivity index (χ2v) is 6.51. The third kappa shape index (κ3) is 3.05. The second kappa shape index (κ2) is 6.38. The first-order valence-corrected chi connectivity index (χ1v) is 8.33. The Balaban J connectivity index is 1.88. The smallest absolute Gasteiger partial charge is 0.256 e. The van der Waals surface area contributed by atoms with E-state index in [9.17, 15) is 4.79 Å². The van der Waals surface area contributed by atoms with E-state index in [-0.39, 0.29) is 5.91 Å². The molecule has 3 aromatic rings. The average Bonchev–Trinajstić information content (AvgIpc) is 3.14. The van der Waals surface area contributed by atoms with Crippen molar-refractivity contribution in [3.63, 3.8) is 0 Å². The Morgan fingerprint density at radius 2 is 1.96 bits per heavy atom. The number of rotatable bonds is 4. The van der Waals surface area contributed by atoms with Gasteiger partial charge < -0.3 is 9.47 Å². The predicted octanol–water partition coefficient (Wildman–Crippen LogP) is 3.82. The molecular formula is C18H19N3OS. The van der Waals surface area contributed by atoms with Crippen molar-refractivity contribution in [2.45, 2.75) is 20.4 Å². The number of hydrogen-bond donors (Lipinski definition) is 0. The lowest BCUT2D eigenvalue weighted by Gasteiger charge is -2.18. The molecule has 0 aliphatic heterocycles. The van der Waals surface area contributed by atoms with Gasteiger partial charge in [0.15, 0.2) is 0 Å². The summed E-state index contributed by atoms with van der Waals surface area (Å²) in [5, 5.41) is 2.95. The van der Waals surface area contributed by atoms with Crippen LogP contribution in [0, 0.1) is 13.8 Å². The molecule has 0 radical (unpaired) electrons. The highest BCUT2D eigenvalue weighted by molar-refractivity contribution is 7.13. The van der Waals surface area contributed by atoms with Crippen LogP contribution in [0.5, 0.6) is 0 Å². The summed E-state index contributed by atoms with van der Waals surface area (Å²) in [6.45, 7) is 4.66. The lowest BCUT2D eigenvalue weighted by atomic mass is 10.2. The Morgan fingerprint density at radius 1 is 1.22 bits per heavy atom. The number of aromatic nitrogens is 2. The topological polar surface area (TPSA) is 38.1 Å². The Hall–Kier alpha value is -2.40. The van der Waals surface area contributed by atoms with Gasteiger partial charge >= 0.3 is 0 Å².